The molecule has 2 aromatic rings. The average Bonchev–Trinajstić information content (AvgIpc) is 2.81. The van der Waals surface area contributed by atoms with Gasteiger partial charge in [-0.2, -0.15) is 0 Å². The fourth-order valence-corrected chi connectivity index (χ4v) is 2.28. The van der Waals surface area contributed by atoms with Crippen molar-refractivity contribution in [3.63, 3.8) is 0 Å². The van der Waals surface area contributed by atoms with Crippen LogP contribution in [0.1, 0.15) is 15.9 Å². The molecule has 0 spiro atoms. The van der Waals surface area contributed by atoms with Crippen LogP contribution >= 0.6 is 0 Å². The molecule has 1 aromatic heterocycles. The molecule has 0 saturated heterocycles. The Kier molecular flexibility index (Phi) is 2.48. The van der Waals surface area contributed by atoms with Gasteiger partial charge >= 0.3 is 0 Å². The van der Waals surface area contributed by atoms with E-state index in [0.29, 0.717) is 12.1 Å². The van der Waals surface area contributed by atoms with Crippen molar-refractivity contribution in [2.24, 2.45) is 0 Å². The third kappa shape index (κ3) is 1.72. The highest BCUT2D eigenvalue weighted by molar-refractivity contribution is 6.07. The summed E-state index contributed by atoms with van der Waals surface area (Å²) in [6, 6.07) is 9.15. The standard InChI is InChI=1S/C14H13N3O/c15-12-1-2-13-11(9-12)5-8-17(13)14(18)10-3-6-16-7-4-10/h1-4,6-7,9H,5,8,15H2. The first-order chi connectivity index (χ1) is 8.75. The zero-order valence-electron chi connectivity index (χ0n) is 9.84. The Morgan fingerprint density at radius 1 is 1.22 bits per heavy atom. The minimum atomic E-state index is 0.0147. The first-order valence-electron chi connectivity index (χ1n) is 5.86. The Labute approximate surface area is 105 Å². The first-order valence-corrected chi connectivity index (χ1v) is 5.86. The summed E-state index contributed by atoms with van der Waals surface area (Å²) in [6.45, 7) is 0.708. The third-order valence-corrected chi connectivity index (χ3v) is 3.17. The number of anilines is 2. The molecule has 2 N–H and O–H groups in total. The van der Waals surface area contributed by atoms with Crippen LogP contribution < -0.4 is 10.6 Å². The molecule has 0 aliphatic carbocycles. The van der Waals surface area contributed by atoms with Crippen LogP contribution in [0.2, 0.25) is 0 Å². The summed E-state index contributed by atoms with van der Waals surface area (Å²) in [4.78, 5) is 18.1. The van der Waals surface area contributed by atoms with E-state index in [9.17, 15) is 4.79 Å². The number of rotatable bonds is 1. The fourth-order valence-electron chi connectivity index (χ4n) is 2.28. The molecule has 0 fully saturated rings. The van der Waals surface area contributed by atoms with E-state index in [2.05, 4.69) is 4.98 Å². The van der Waals surface area contributed by atoms with Crippen molar-refractivity contribution in [3.8, 4) is 0 Å². The first kappa shape index (κ1) is 10.8. The highest BCUT2D eigenvalue weighted by atomic mass is 16.2. The lowest BCUT2D eigenvalue weighted by molar-refractivity contribution is 0.0989. The van der Waals surface area contributed by atoms with Crippen LogP contribution in [0.3, 0.4) is 0 Å². The molecule has 4 nitrogen and oxygen atoms in total. The molecule has 18 heavy (non-hydrogen) atoms. The van der Waals surface area contributed by atoms with Crippen molar-refractivity contribution in [1.82, 2.24) is 4.98 Å². The lowest BCUT2D eigenvalue weighted by Gasteiger charge is -2.17. The maximum Gasteiger partial charge on any atom is 0.258 e. The van der Waals surface area contributed by atoms with Gasteiger partial charge in [0.05, 0.1) is 0 Å². The summed E-state index contributed by atoms with van der Waals surface area (Å²) in [5.74, 6) is 0.0147. The maximum absolute atomic E-state index is 12.4. The quantitative estimate of drug-likeness (QED) is 0.773. The number of hydrogen-bond acceptors (Lipinski definition) is 3. The van der Waals surface area contributed by atoms with E-state index in [1.807, 2.05) is 18.2 Å². The van der Waals surface area contributed by atoms with E-state index >= 15 is 0 Å². The van der Waals surface area contributed by atoms with Gasteiger partial charge in [-0.25, -0.2) is 0 Å². The van der Waals surface area contributed by atoms with Gasteiger partial charge in [-0.3, -0.25) is 9.78 Å². The molecule has 3 rings (SSSR count). The molecule has 1 amide bonds. The van der Waals surface area contributed by atoms with E-state index in [-0.39, 0.29) is 5.91 Å². The molecule has 1 aliphatic rings. The number of pyridine rings is 1. The van der Waals surface area contributed by atoms with E-state index in [1.54, 1.807) is 29.4 Å². The molecule has 0 radical (unpaired) electrons. The van der Waals surface area contributed by atoms with Crippen LogP contribution in [-0.4, -0.2) is 17.4 Å². The second-order valence-corrected chi connectivity index (χ2v) is 4.33. The van der Waals surface area contributed by atoms with E-state index in [0.717, 1.165) is 23.4 Å². The number of nitrogens with zero attached hydrogens (tertiary/aromatic N) is 2. The van der Waals surface area contributed by atoms with Gasteiger partial charge in [-0.1, -0.05) is 0 Å². The van der Waals surface area contributed by atoms with Crippen LogP contribution in [0.25, 0.3) is 0 Å². The third-order valence-electron chi connectivity index (χ3n) is 3.17. The SMILES string of the molecule is Nc1ccc2c(c1)CCN2C(=O)c1ccncc1. The monoisotopic (exact) mass is 239 g/mol. The van der Waals surface area contributed by atoms with Gasteiger partial charge < -0.3 is 10.6 Å². The number of aromatic nitrogens is 1. The molecule has 4 heteroatoms. The van der Waals surface area contributed by atoms with Gasteiger partial charge in [0.25, 0.3) is 5.91 Å². The van der Waals surface area contributed by atoms with E-state index < -0.39 is 0 Å². The second kappa shape index (κ2) is 4.14. The Bertz CT molecular complexity index is 595. The van der Waals surface area contributed by atoms with Gasteiger partial charge in [0, 0.05) is 35.9 Å². The minimum absolute atomic E-state index is 0.0147. The van der Waals surface area contributed by atoms with Gasteiger partial charge in [0.15, 0.2) is 0 Å². The van der Waals surface area contributed by atoms with Crippen molar-refractivity contribution in [2.45, 2.75) is 6.42 Å². The number of carbonyl (C=O) groups excluding carboxylic acids is 1. The van der Waals surface area contributed by atoms with Crippen molar-refractivity contribution in [1.29, 1.82) is 0 Å². The molecule has 90 valence electrons. The van der Waals surface area contributed by atoms with Crippen molar-refractivity contribution in [3.05, 3.63) is 53.9 Å². The van der Waals surface area contributed by atoms with E-state index in [4.69, 9.17) is 5.73 Å². The molecule has 1 aromatic carbocycles. The minimum Gasteiger partial charge on any atom is -0.399 e. The summed E-state index contributed by atoms with van der Waals surface area (Å²) in [5, 5.41) is 0. The normalized spacial score (nSPS) is 13.4. The van der Waals surface area contributed by atoms with Gasteiger partial charge in [-0.05, 0) is 42.3 Å². The number of hydrogen-bond donors (Lipinski definition) is 1. The fraction of sp³-hybridized carbons (Fsp3) is 0.143. The van der Waals surface area contributed by atoms with Crippen LogP contribution in [-0.2, 0) is 6.42 Å². The number of amides is 1. The average molecular weight is 239 g/mol. The lowest BCUT2D eigenvalue weighted by atomic mass is 10.1. The zero-order chi connectivity index (χ0) is 12.5. The van der Waals surface area contributed by atoms with Crippen LogP contribution in [0.4, 0.5) is 11.4 Å². The number of nitrogen functional groups attached to an aromatic ring is 1. The topological polar surface area (TPSA) is 59.2 Å². The Morgan fingerprint density at radius 2 is 2.00 bits per heavy atom. The highest BCUT2D eigenvalue weighted by Crippen LogP contribution is 2.30. The maximum atomic E-state index is 12.4. The van der Waals surface area contributed by atoms with Crippen LogP contribution in [0, 0.1) is 0 Å². The van der Waals surface area contributed by atoms with E-state index in [1.165, 1.54) is 0 Å². The largest absolute Gasteiger partial charge is 0.399 e. The highest BCUT2D eigenvalue weighted by Gasteiger charge is 2.25. The number of nitrogens with two attached hydrogens (primary N) is 1. The molecule has 0 atom stereocenters. The molecule has 0 unspecified atom stereocenters. The van der Waals surface area contributed by atoms with Crippen molar-refractivity contribution in [2.75, 3.05) is 17.2 Å². The number of fused-ring (bicyclic) bond motifs is 1. The summed E-state index contributed by atoms with van der Waals surface area (Å²) < 4.78 is 0. The summed E-state index contributed by atoms with van der Waals surface area (Å²) in [7, 11) is 0. The predicted molar refractivity (Wildman–Crippen MR) is 70.5 cm³/mol. The molecule has 1 aliphatic heterocycles. The van der Waals surface area contributed by atoms with Gasteiger partial charge in [0.1, 0.15) is 0 Å². The van der Waals surface area contributed by atoms with Gasteiger partial charge in [-0.15, -0.1) is 0 Å². The predicted octanol–water partition coefficient (Wildman–Crippen LogP) is 1.87. The van der Waals surface area contributed by atoms with Crippen LogP contribution in [0.15, 0.2) is 42.7 Å². The Morgan fingerprint density at radius 3 is 2.78 bits per heavy atom. The molecule has 0 bridgehead atoms. The van der Waals surface area contributed by atoms with Crippen molar-refractivity contribution >= 4 is 17.3 Å². The van der Waals surface area contributed by atoms with Crippen LogP contribution in [0.5, 0.6) is 0 Å². The summed E-state index contributed by atoms with van der Waals surface area (Å²) >= 11 is 0. The number of benzene rings is 1. The Balaban J connectivity index is 1.95. The second-order valence-electron chi connectivity index (χ2n) is 4.33. The van der Waals surface area contributed by atoms with Crippen molar-refractivity contribution < 1.29 is 4.79 Å². The smallest absolute Gasteiger partial charge is 0.258 e. The molecular weight excluding hydrogens is 226 g/mol. The molecular formula is C14H13N3O. The lowest BCUT2D eigenvalue weighted by Crippen LogP contribution is -2.28. The Hall–Kier alpha value is -2.36. The molecule has 2 heterocycles. The molecule has 0 saturated carbocycles. The summed E-state index contributed by atoms with van der Waals surface area (Å²) in [5.41, 5.74) is 9.26. The van der Waals surface area contributed by atoms with Gasteiger partial charge in [0.2, 0.25) is 0 Å². The number of carbonyl (C=O) groups is 1. The zero-order valence-corrected chi connectivity index (χ0v) is 9.84. The summed E-state index contributed by atoms with van der Waals surface area (Å²) in [6.07, 6.45) is 4.12.